The fraction of sp³-hybridized carbons (Fsp3) is 0.353. The number of halogens is 1. The lowest BCUT2D eigenvalue weighted by atomic mass is 10.1. The number of aromatic nitrogens is 5. The summed E-state index contributed by atoms with van der Waals surface area (Å²) in [7, 11) is 0. The topological polar surface area (TPSA) is 121 Å². The van der Waals surface area contributed by atoms with Crippen molar-refractivity contribution in [2.24, 2.45) is 0 Å². The molecule has 28 heavy (non-hydrogen) atoms. The van der Waals surface area contributed by atoms with Gasteiger partial charge in [-0.25, -0.2) is 19.3 Å². The standard InChI is InChI=1S/C17H19ClN8O2/c1-10-20-14-8-12(4-7-26(14)24-10)22-16-19-9-13(18)15(23-16)21-11-2-5-25(6-3-11)17(27)28/h4,7-9,11H,2-3,5-6H2,1H3,(H,27,28)(H2,19,21,22,23). The lowest BCUT2D eigenvalue weighted by molar-refractivity contribution is 0.134. The van der Waals surface area contributed by atoms with E-state index in [0.717, 1.165) is 11.3 Å². The highest BCUT2D eigenvalue weighted by atomic mass is 35.5. The summed E-state index contributed by atoms with van der Waals surface area (Å²) in [6.07, 6.45) is 3.84. The summed E-state index contributed by atoms with van der Waals surface area (Å²) in [4.78, 5) is 25.5. The molecule has 1 aliphatic rings. The van der Waals surface area contributed by atoms with Gasteiger partial charge in [0.1, 0.15) is 10.8 Å². The first-order chi connectivity index (χ1) is 13.5. The monoisotopic (exact) mass is 402 g/mol. The molecule has 1 aliphatic heterocycles. The fourth-order valence-corrected chi connectivity index (χ4v) is 3.28. The van der Waals surface area contributed by atoms with Gasteiger partial charge in [0.25, 0.3) is 0 Å². The van der Waals surface area contributed by atoms with E-state index in [0.29, 0.717) is 48.5 Å². The number of hydrogen-bond donors (Lipinski definition) is 3. The summed E-state index contributed by atoms with van der Waals surface area (Å²) in [5.41, 5.74) is 1.50. The van der Waals surface area contributed by atoms with Gasteiger partial charge in [-0.15, -0.1) is 0 Å². The Morgan fingerprint density at radius 1 is 1.32 bits per heavy atom. The number of amides is 1. The van der Waals surface area contributed by atoms with Crippen molar-refractivity contribution in [1.82, 2.24) is 29.5 Å². The zero-order valence-corrected chi connectivity index (χ0v) is 15.9. The average Bonchev–Trinajstić information content (AvgIpc) is 3.04. The average molecular weight is 403 g/mol. The Kier molecular flexibility index (Phi) is 4.86. The third kappa shape index (κ3) is 3.91. The Bertz CT molecular complexity index is 1020. The Morgan fingerprint density at radius 2 is 2.11 bits per heavy atom. The van der Waals surface area contributed by atoms with E-state index in [1.165, 1.54) is 11.1 Å². The van der Waals surface area contributed by atoms with Crippen molar-refractivity contribution >= 4 is 40.8 Å². The van der Waals surface area contributed by atoms with Crippen LogP contribution in [0.25, 0.3) is 5.65 Å². The van der Waals surface area contributed by atoms with Crippen molar-refractivity contribution in [3.63, 3.8) is 0 Å². The van der Waals surface area contributed by atoms with E-state index in [4.69, 9.17) is 16.7 Å². The molecule has 1 saturated heterocycles. The van der Waals surface area contributed by atoms with E-state index in [1.54, 1.807) is 4.52 Å². The Morgan fingerprint density at radius 3 is 2.86 bits per heavy atom. The van der Waals surface area contributed by atoms with Crippen molar-refractivity contribution in [1.29, 1.82) is 0 Å². The van der Waals surface area contributed by atoms with Crippen LogP contribution in [0.5, 0.6) is 0 Å². The van der Waals surface area contributed by atoms with Gasteiger partial charge in [0.2, 0.25) is 5.95 Å². The quantitative estimate of drug-likeness (QED) is 0.609. The predicted molar refractivity (Wildman–Crippen MR) is 104 cm³/mol. The predicted octanol–water partition coefficient (Wildman–Crippen LogP) is 2.78. The summed E-state index contributed by atoms with van der Waals surface area (Å²) < 4.78 is 1.69. The number of nitrogens with zero attached hydrogens (tertiary/aromatic N) is 6. The molecule has 0 aliphatic carbocycles. The molecule has 10 nitrogen and oxygen atoms in total. The van der Waals surface area contributed by atoms with Gasteiger partial charge >= 0.3 is 6.09 Å². The molecule has 0 saturated carbocycles. The summed E-state index contributed by atoms with van der Waals surface area (Å²) in [6.45, 7) is 2.80. The van der Waals surface area contributed by atoms with Gasteiger partial charge in [-0.3, -0.25) is 0 Å². The molecule has 1 amide bonds. The minimum Gasteiger partial charge on any atom is -0.465 e. The van der Waals surface area contributed by atoms with Crippen LogP contribution < -0.4 is 10.6 Å². The minimum absolute atomic E-state index is 0.103. The van der Waals surface area contributed by atoms with Crippen LogP contribution >= 0.6 is 11.6 Å². The molecule has 0 aromatic carbocycles. The van der Waals surface area contributed by atoms with E-state index in [-0.39, 0.29) is 6.04 Å². The van der Waals surface area contributed by atoms with E-state index >= 15 is 0 Å². The summed E-state index contributed by atoms with van der Waals surface area (Å²) in [6, 6.07) is 3.81. The highest BCUT2D eigenvalue weighted by molar-refractivity contribution is 6.32. The molecular formula is C17H19ClN8O2. The van der Waals surface area contributed by atoms with E-state index in [2.05, 4.69) is 30.7 Å². The molecule has 0 atom stereocenters. The Hall–Kier alpha value is -3.14. The van der Waals surface area contributed by atoms with Gasteiger partial charge < -0.3 is 20.6 Å². The molecule has 3 N–H and O–H groups in total. The Balaban J connectivity index is 1.46. The van der Waals surface area contributed by atoms with Crippen LogP contribution in [0, 0.1) is 6.92 Å². The maximum absolute atomic E-state index is 11.0. The number of pyridine rings is 1. The summed E-state index contributed by atoms with van der Waals surface area (Å²) in [5, 5.41) is 20.1. The number of likely N-dealkylation sites (tertiary alicyclic amines) is 1. The number of aryl methyl sites for hydroxylation is 1. The zero-order chi connectivity index (χ0) is 19.7. The van der Waals surface area contributed by atoms with Crippen LogP contribution in [-0.4, -0.2) is 59.8 Å². The van der Waals surface area contributed by atoms with Crippen LogP contribution in [0.2, 0.25) is 5.02 Å². The van der Waals surface area contributed by atoms with Gasteiger partial charge in [0, 0.05) is 37.1 Å². The second kappa shape index (κ2) is 7.47. The lowest BCUT2D eigenvalue weighted by Gasteiger charge is -2.30. The molecule has 0 unspecified atom stereocenters. The number of rotatable bonds is 4. The largest absolute Gasteiger partial charge is 0.465 e. The van der Waals surface area contributed by atoms with Crippen molar-refractivity contribution in [2.75, 3.05) is 23.7 Å². The number of nitrogens with one attached hydrogen (secondary N) is 2. The SMILES string of the molecule is Cc1nc2cc(Nc3ncc(Cl)c(NC4CCN(C(=O)O)CC4)n3)ccn2n1. The minimum atomic E-state index is -0.884. The zero-order valence-electron chi connectivity index (χ0n) is 15.1. The number of anilines is 3. The maximum atomic E-state index is 11.0. The van der Waals surface area contributed by atoms with Gasteiger partial charge in [0.05, 0.1) is 6.20 Å². The smallest absolute Gasteiger partial charge is 0.407 e. The number of hydrogen-bond acceptors (Lipinski definition) is 7. The number of fused-ring (bicyclic) bond motifs is 1. The molecule has 4 rings (SSSR count). The maximum Gasteiger partial charge on any atom is 0.407 e. The third-order valence-corrected chi connectivity index (χ3v) is 4.83. The molecule has 0 bridgehead atoms. The van der Waals surface area contributed by atoms with Crippen LogP contribution in [0.15, 0.2) is 24.5 Å². The van der Waals surface area contributed by atoms with E-state index in [9.17, 15) is 4.79 Å². The molecule has 11 heteroatoms. The molecule has 146 valence electrons. The van der Waals surface area contributed by atoms with Crippen molar-refractivity contribution in [2.45, 2.75) is 25.8 Å². The van der Waals surface area contributed by atoms with Gasteiger partial charge in [-0.2, -0.15) is 10.1 Å². The second-order valence-electron chi connectivity index (χ2n) is 6.58. The molecular weight excluding hydrogens is 384 g/mol. The Labute approximate surface area is 165 Å². The lowest BCUT2D eigenvalue weighted by Crippen LogP contribution is -2.41. The number of carbonyl (C=O) groups is 1. The van der Waals surface area contributed by atoms with Crippen molar-refractivity contribution < 1.29 is 9.90 Å². The fourth-order valence-electron chi connectivity index (χ4n) is 3.14. The van der Waals surface area contributed by atoms with Crippen LogP contribution in [0.1, 0.15) is 18.7 Å². The second-order valence-corrected chi connectivity index (χ2v) is 6.99. The van der Waals surface area contributed by atoms with Crippen LogP contribution in [0.4, 0.5) is 22.2 Å². The molecule has 3 aromatic heterocycles. The molecule has 4 heterocycles. The van der Waals surface area contributed by atoms with Gasteiger partial charge in [-0.1, -0.05) is 11.6 Å². The molecule has 1 fully saturated rings. The summed E-state index contributed by atoms with van der Waals surface area (Å²) in [5.74, 6) is 1.61. The molecule has 0 spiro atoms. The first kappa shape index (κ1) is 18.2. The number of piperidine rings is 1. The highest BCUT2D eigenvalue weighted by Crippen LogP contribution is 2.24. The molecule has 3 aromatic rings. The number of carboxylic acid groups (broad SMARTS) is 1. The first-order valence-corrected chi connectivity index (χ1v) is 9.23. The molecule has 0 radical (unpaired) electrons. The van der Waals surface area contributed by atoms with Gasteiger partial charge in [0.15, 0.2) is 11.5 Å². The third-order valence-electron chi connectivity index (χ3n) is 4.55. The highest BCUT2D eigenvalue weighted by Gasteiger charge is 2.23. The first-order valence-electron chi connectivity index (χ1n) is 8.85. The summed E-state index contributed by atoms with van der Waals surface area (Å²) >= 11 is 6.24. The van der Waals surface area contributed by atoms with Crippen molar-refractivity contribution in [3.05, 3.63) is 35.4 Å². The van der Waals surface area contributed by atoms with Crippen molar-refractivity contribution in [3.8, 4) is 0 Å². The normalized spacial score (nSPS) is 15.0. The van der Waals surface area contributed by atoms with Crippen LogP contribution in [0.3, 0.4) is 0 Å². The van der Waals surface area contributed by atoms with E-state index in [1.807, 2.05) is 25.3 Å². The van der Waals surface area contributed by atoms with E-state index < -0.39 is 6.09 Å². The van der Waals surface area contributed by atoms with Gasteiger partial charge in [-0.05, 0) is 25.8 Å². The van der Waals surface area contributed by atoms with Crippen LogP contribution in [-0.2, 0) is 0 Å².